The minimum atomic E-state index is -0.512. The van der Waals surface area contributed by atoms with Crippen LogP contribution >= 0.6 is 0 Å². The zero-order valence-electron chi connectivity index (χ0n) is 8.58. The van der Waals surface area contributed by atoms with E-state index in [1.165, 1.54) is 32.1 Å². The van der Waals surface area contributed by atoms with Crippen molar-refractivity contribution in [2.24, 2.45) is 5.92 Å². The summed E-state index contributed by atoms with van der Waals surface area (Å²) in [5, 5.41) is 19.0. The topological polar surface area (TPSA) is 40.5 Å². The first-order valence-electron chi connectivity index (χ1n) is 5.60. The fourth-order valence-electron chi connectivity index (χ4n) is 2.19. The Balaban J connectivity index is 2.21. The number of rotatable bonds is 4. The highest BCUT2D eigenvalue weighted by atomic mass is 16.3. The molecular weight excluding hydrogens is 164 g/mol. The predicted octanol–water partition coefficient (Wildman–Crippen LogP) is 2.09. The van der Waals surface area contributed by atoms with E-state index in [1.807, 2.05) is 6.92 Å². The van der Waals surface area contributed by atoms with Gasteiger partial charge in [-0.1, -0.05) is 39.0 Å². The number of hydrogen-bond donors (Lipinski definition) is 2. The fourth-order valence-corrected chi connectivity index (χ4v) is 2.19. The molecule has 0 heterocycles. The van der Waals surface area contributed by atoms with Crippen molar-refractivity contribution in [3.05, 3.63) is 0 Å². The molecular formula is C11H22O2. The van der Waals surface area contributed by atoms with Crippen LogP contribution in [0.15, 0.2) is 0 Å². The largest absolute Gasteiger partial charge is 0.390 e. The highest BCUT2D eigenvalue weighted by Gasteiger charge is 2.21. The van der Waals surface area contributed by atoms with Crippen molar-refractivity contribution in [2.45, 2.75) is 64.1 Å². The second-order valence-electron chi connectivity index (χ2n) is 4.28. The smallest absolute Gasteiger partial charge is 0.0801 e. The Morgan fingerprint density at radius 1 is 1.08 bits per heavy atom. The van der Waals surface area contributed by atoms with Gasteiger partial charge in [0.25, 0.3) is 0 Å². The van der Waals surface area contributed by atoms with Crippen LogP contribution in [0.5, 0.6) is 0 Å². The minimum Gasteiger partial charge on any atom is -0.390 e. The summed E-state index contributed by atoms with van der Waals surface area (Å²) in [5.74, 6) is 0.657. The van der Waals surface area contributed by atoms with E-state index in [0.29, 0.717) is 12.3 Å². The minimum absolute atomic E-state index is 0.493. The molecule has 0 spiro atoms. The maximum absolute atomic E-state index is 9.62. The maximum atomic E-state index is 9.62. The third-order valence-corrected chi connectivity index (χ3v) is 3.16. The third kappa shape index (κ3) is 3.65. The van der Waals surface area contributed by atoms with E-state index in [2.05, 4.69) is 0 Å². The molecule has 0 aromatic rings. The first-order valence-corrected chi connectivity index (χ1v) is 5.60. The van der Waals surface area contributed by atoms with E-state index in [-0.39, 0.29) is 0 Å². The van der Waals surface area contributed by atoms with Crippen molar-refractivity contribution in [3.63, 3.8) is 0 Å². The van der Waals surface area contributed by atoms with Gasteiger partial charge in [-0.25, -0.2) is 0 Å². The molecule has 0 radical (unpaired) electrons. The lowest BCUT2D eigenvalue weighted by Crippen LogP contribution is -2.28. The van der Waals surface area contributed by atoms with Crippen LogP contribution in [-0.4, -0.2) is 22.4 Å². The summed E-state index contributed by atoms with van der Waals surface area (Å²) in [6.07, 6.45) is 6.90. The van der Waals surface area contributed by atoms with Gasteiger partial charge < -0.3 is 10.2 Å². The number of aliphatic hydroxyl groups excluding tert-OH is 2. The van der Waals surface area contributed by atoms with Gasteiger partial charge in [-0.3, -0.25) is 0 Å². The molecule has 0 aromatic carbocycles. The van der Waals surface area contributed by atoms with Crippen molar-refractivity contribution in [3.8, 4) is 0 Å². The van der Waals surface area contributed by atoms with E-state index in [0.717, 1.165) is 6.42 Å². The Morgan fingerprint density at radius 2 is 1.69 bits per heavy atom. The lowest BCUT2D eigenvalue weighted by Gasteiger charge is -2.25. The normalized spacial score (nSPS) is 24.2. The fraction of sp³-hybridized carbons (Fsp3) is 1.00. The van der Waals surface area contributed by atoms with Gasteiger partial charge >= 0.3 is 0 Å². The van der Waals surface area contributed by atoms with Crippen LogP contribution in [0.2, 0.25) is 0 Å². The van der Waals surface area contributed by atoms with Crippen molar-refractivity contribution < 1.29 is 10.2 Å². The van der Waals surface area contributed by atoms with Crippen molar-refractivity contribution in [1.82, 2.24) is 0 Å². The molecule has 13 heavy (non-hydrogen) atoms. The summed E-state index contributed by atoms with van der Waals surface area (Å²) in [4.78, 5) is 0. The van der Waals surface area contributed by atoms with E-state index in [1.54, 1.807) is 0 Å². The van der Waals surface area contributed by atoms with Crippen LogP contribution in [0.4, 0.5) is 0 Å². The van der Waals surface area contributed by atoms with Gasteiger partial charge in [0.15, 0.2) is 0 Å². The molecule has 1 fully saturated rings. The van der Waals surface area contributed by atoms with E-state index >= 15 is 0 Å². The molecule has 2 heteroatoms. The van der Waals surface area contributed by atoms with Gasteiger partial charge in [-0.15, -0.1) is 0 Å². The Bertz CT molecular complexity index is 130. The quantitative estimate of drug-likeness (QED) is 0.705. The summed E-state index contributed by atoms with van der Waals surface area (Å²) in [6.45, 7) is 1.91. The Kier molecular flexibility index (Phi) is 4.74. The van der Waals surface area contributed by atoms with Crippen molar-refractivity contribution in [2.75, 3.05) is 0 Å². The van der Waals surface area contributed by atoms with E-state index in [9.17, 15) is 10.2 Å². The first-order chi connectivity index (χ1) is 6.24. The highest BCUT2D eigenvalue weighted by Crippen LogP contribution is 2.28. The molecule has 78 valence electrons. The molecule has 2 N–H and O–H groups in total. The van der Waals surface area contributed by atoms with Crippen LogP contribution in [0.3, 0.4) is 0 Å². The molecule has 0 saturated heterocycles. The summed E-state index contributed by atoms with van der Waals surface area (Å²) >= 11 is 0. The Hall–Kier alpha value is -0.0800. The van der Waals surface area contributed by atoms with Gasteiger partial charge in [-0.2, -0.15) is 0 Å². The molecule has 1 aliphatic rings. The molecule has 1 rings (SSSR count). The second-order valence-corrected chi connectivity index (χ2v) is 4.28. The van der Waals surface area contributed by atoms with Crippen LogP contribution in [0.25, 0.3) is 0 Å². The summed E-state index contributed by atoms with van der Waals surface area (Å²) < 4.78 is 0. The van der Waals surface area contributed by atoms with Crippen LogP contribution in [0, 0.1) is 5.92 Å². The molecule has 2 unspecified atom stereocenters. The molecule has 2 atom stereocenters. The third-order valence-electron chi connectivity index (χ3n) is 3.16. The first kappa shape index (κ1) is 11.0. The SMILES string of the molecule is CCC(O)C(O)CC1CCCCC1. The second kappa shape index (κ2) is 5.61. The summed E-state index contributed by atoms with van der Waals surface area (Å²) in [7, 11) is 0. The molecule has 2 nitrogen and oxygen atoms in total. The van der Waals surface area contributed by atoms with Gasteiger partial charge in [-0.05, 0) is 18.8 Å². The Morgan fingerprint density at radius 3 is 2.23 bits per heavy atom. The zero-order valence-corrected chi connectivity index (χ0v) is 8.58. The maximum Gasteiger partial charge on any atom is 0.0801 e. The Labute approximate surface area is 81.0 Å². The highest BCUT2D eigenvalue weighted by molar-refractivity contribution is 4.73. The molecule has 0 bridgehead atoms. The molecule has 0 aliphatic heterocycles. The lowest BCUT2D eigenvalue weighted by molar-refractivity contribution is 0.0000844. The van der Waals surface area contributed by atoms with Crippen molar-refractivity contribution in [1.29, 1.82) is 0 Å². The van der Waals surface area contributed by atoms with Gasteiger partial charge in [0.05, 0.1) is 12.2 Å². The standard InChI is InChI=1S/C11H22O2/c1-2-10(12)11(13)8-9-6-4-3-5-7-9/h9-13H,2-8H2,1H3. The van der Waals surface area contributed by atoms with Crippen LogP contribution in [0.1, 0.15) is 51.9 Å². The zero-order chi connectivity index (χ0) is 9.68. The van der Waals surface area contributed by atoms with Gasteiger partial charge in [0, 0.05) is 0 Å². The van der Waals surface area contributed by atoms with Gasteiger partial charge in [0.2, 0.25) is 0 Å². The molecule has 1 aliphatic carbocycles. The monoisotopic (exact) mass is 186 g/mol. The van der Waals surface area contributed by atoms with Crippen LogP contribution < -0.4 is 0 Å². The number of aliphatic hydroxyl groups is 2. The van der Waals surface area contributed by atoms with E-state index < -0.39 is 12.2 Å². The average Bonchev–Trinajstić information content (AvgIpc) is 2.18. The van der Waals surface area contributed by atoms with Crippen LogP contribution in [-0.2, 0) is 0 Å². The lowest BCUT2D eigenvalue weighted by atomic mass is 9.84. The predicted molar refractivity (Wildman–Crippen MR) is 53.5 cm³/mol. The van der Waals surface area contributed by atoms with Crippen molar-refractivity contribution >= 4 is 0 Å². The summed E-state index contributed by atoms with van der Waals surface area (Å²) in [5.41, 5.74) is 0. The summed E-state index contributed by atoms with van der Waals surface area (Å²) in [6, 6.07) is 0. The molecule has 0 amide bonds. The van der Waals surface area contributed by atoms with E-state index in [4.69, 9.17) is 0 Å². The van der Waals surface area contributed by atoms with Gasteiger partial charge in [0.1, 0.15) is 0 Å². The number of hydrogen-bond acceptors (Lipinski definition) is 2. The molecule has 0 aromatic heterocycles. The average molecular weight is 186 g/mol. The molecule has 1 saturated carbocycles.